The van der Waals surface area contributed by atoms with Crippen molar-refractivity contribution in [3.63, 3.8) is 0 Å². The van der Waals surface area contributed by atoms with E-state index in [2.05, 4.69) is 29.9 Å². The molecule has 1 unspecified atom stereocenters. The van der Waals surface area contributed by atoms with E-state index in [4.69, 9.17) is 4.74 Å². The zero-order chi connectivity index (χ0) is 23.8. The van der Waals surface area contributed by atoms with E-state index in [1.807, 2.05) is 19.1 Å². The van der Waals surface area contributed by atoms with Gasteiger partial charge in [0.2, 0.25) is 10.0 Å². The third kappa shape index (κ3) is 4.60. The van der Waals surface area contributed by atoms with Gasteiger partial charge in [0.15, 0.2) is 6.10 Å². The number of piperazine rings is 1. The number of fused-ring (bicyclic) bond motifs is 1. The Hall–Kier alpha value is -2.91. The number of nitrogens with one attached hydrogen (secondary N) is 1. The van der Waals surface area contributed by atoms with Crippen molar-refractivity contribution in [1.82, 2.24) is 19.2 Å². The van der Waals surface area contributed by atoms with Gasteiger partial charge in [-0.05, 0) is 49.1 Å². The number of ether oxygens (including phenoxy) is 1. The number of benzene rings is 1. The number of sulfonamides is 1. The zero-order valence-electron chi connectivity index (χ0n) is 19.4. The lowest BCUT2D eigenvalue weighted by atomic mass is 10.0. The van der Waals surface area contributed by atoms with E-state index in [1.54, 1.807) is 30.2 Å². The second-order valence-electron chi connectivity index (χ2n) is 8.72. The minimum atomic E-state index is -3.69. The molecular formula is C24H30N4O4S. The minimum absolute atomic E-state index is 0.141. The lowest BCUT2D eigenvalue weighted by Gasteiger charge is -2.35. The third-order valence-corrected chi connectivity index (χ3v) is 8.05. The molecule has 0 spiro atoms. The van der Waals surface area contributed by atoms with E-state index < -0.39 is 16.1 Å². The fourth-order valence-electron chi connectivity index (χ4n) is 4.03. The van der Waals surface area contributed by atoms with Crippen molar-refractivity contribution >= 4 is 27.0 Å². The summed E-state index contributed by atoms with van der Waals surface area (Å²) in [5, 5.41) is 0.567. The van der Waals surface area contributed by atoms with Crippen LogP contribution in [0.5, 0.6) is 5.75 Å². The molecule has 3 heterocycles. The van der Waals surface area contributed by atoms with Crippen LogP contribution in [0.25, 0.3) is 11.0 Å². The molecule has 0 aliphatic carbocycles. The van der Waals surface area contributed by atoms with Crippen LogP contribution in [0, 0.1) is 6.92 Å². The minimum Gasteiger partial charge on any atom is -0.481 e. The fraction of sp³-hybridized carbons (Fsp3) is 0.417. The van der Waals surface area contributed by atoms with Crippen LogP contribution < -0.4 is 4.74 Å². The summed E-state index contributed by atoms with van der Waals surface area (Å²) < 4.78 is 33.8. The third-order valence-electron chi connectivity index (χ3n) is 6.11. The zero-order valence-corrected chi connectivity index (χ0v) is 20.2. The second kappa shape index (κ2) is 9.15. The summed E-state index contributed by atoms with van der Waals surface area (Å²) in [6, 6.07) is 9.52. The van der Waals surface area contributed by atoms with Crippen LogP contribution in [0.3, 0.4) is 0 Å². The summed E-state index contributed by atoms with van der Waals surface area (Å²) in [7, 11) is -3.69. The van der Waals surface area contributed by atoms with Gasteiger partial charge in [-0.3, -0.25) is 4.79 Å². The molecule has 3 aromatic rings. The predicted molar refractivity (Wildman–Crippen MR) is 127 cm³/mol. The van der Waals surface area contributed by atoms with Crippen LogP contribution in [-0.2, 0) is 14.8 Å². The molecule has 1 aliphatic heterocycles. The molecule has 1 fully saturated rings. The highest BCUT2D eigenvalue weighted by Crippen LogP contribution is 2.27. The molecular weight excluding hydrogens is 440 g/mol. The van der Waals surface area contributed by atoms with Gasteiger partial charge in [0, 0.05) is 44.0 Å². The molecule has 1 aromatic carbocycles. The molecule has 1 saturated heterocycles. The van der Waals surface area contributed by atoms with E-state index in [1.165, 1.54) is 10.5 Å². The normalized spacial score (nSPS) is 16.3. The molecule has 1 aliphatic rings. The van der Waals surface area contributed by atoms with Crippen molar-refractivity contribution in [1.29, 1.82) is 0 Å². The maximum atomic E-state index is 13.2. The molecule has 1 atom stereocenters. The fourth-order valence-corrected chi connectivity index (χ4v) is 5.61. The van der Waals surface area contributed by atoms with Gasteiger partial charge in [-0.2, -0.15) is 4.31 Å². The summed E-state index contributed by atoms with van der Waals surface area (Å²) in [4.78, 5) is 22.0. The Morgan fingerprint density at radius 2 is 1.85 bits per heavy atom. The Bertz CT molecular complexity index is 1260. The van der Waals surface area contributed by atoms with Gasteiger partial charge in [0.1, 0.15) is 16.3 Å². The number of nitrogens with zero attached hydrogens (tertiary/aromatic N) is 3. The van der Waals surface area contributed by atoms with Gasteiger partial charge in [0.05, 0.1) is 0 Å². The number of carbonyl (C=O) groups is 1. The Labute approximate surface area is 194 Å². The largest absolute Gasteiger partial charge is 0.481 e. The van der Waals surface area contributed by atoms with Crippen molar-refractivity contribution in [2.75, 3.05) is 26.2 Å². The lowest BCUT2D eigenvalue weighted by Crippen LogP contribution is -2.53. The monoisotopic (exact) mass is 470 g/mol. The van der Waals surface area contributed by atoms with Crippen LogP contribution >= 0.6 is 0 Å². The molecule has 1 amide bonds. The van der Waals surface area contributed by atoms with Crippen molar-refractivity contribution in [2.45, 2.75) is 44.6 Å². The quantitative estimate of drug-likeness (QED) is 0.596. The van der Waals surface area contributed by atoms with Crippen LogP contribution in [0.15, 0.2) is 47.6 Å². The number of hydrogen-bond acceptors (Lipinski definition) is 5. The van der Waals surface area contributed by atoms with Gasteiger partial charge in [-0.1, -0.05) is 26.0 Å². The van der Waals surface area contributed by atoms with Gasteiger partial charge >= 0.3 is 0 Å². The average Bonchev–Trinajstić information content (AvgIpc) is 3.25. The van der Waals surface area contributed by atoms with E-state index in [9.17, 15) is 13.2 Å². The van der Waals surface area contributed by atoms with E-state index in [-0.39, 0.29) is 23.9 Å². The number of aromatic nitrogens is 2. The van der Waals surface area contributed by atoms with Crippen LogP contribution in [-0.4, -0.2) is 65.8 Å². The Kier molecular flexibility index (Phi) is 6.45. The number of aryl methyl sites for hydroxylation is 1. The smallest absolute Gasteiger partial charge is 0.263 e. The first-order valence-corrected chi connectivity index (χ1v) is 12.6. The summed E-state index contributed by atoms with van der Waals surface area (Å²) in [5.41, 5.74) is 2.66. The summed E-state index contributed by atoms with van der Waals surface area (Å²) in [6.07, 6.45) is 2.44. The van der Waals surface area contributed by atoms with E-state index >= 15 is 0 Å². The molecule has 0 radical (unpaired) electrons. The lowest BCUT2D eigenvalue weighted by molar-refractivity contribution is -0.139. The van der Waals surface area contributed by atoms with Gasteiger partial charge in [-0.15, -0.1) is 0 Å². The second-order valence-corrected chi connectivity index (χ2v) is 10.6. The molecule has 33 heavy (non-hydrogen) atoms. The molecule has 1 N–H and O–H groups in total. The Morgan fingerprint density at radius 3 is 2.55 bits per heavy atom. The molecule has 176 valence electrons. The molecule has 9 heteroatoms. The van der Waals surface area contributed by atoms with E-state index in [0.717, 1.165) is 11.1 Å². The number of pyridine rings is 1. The SMILES string of the molecule is Cc1ccc(C(C)C)cc1OC(C)C(=O)N1CCN(S(=O)(=O)c2c[nH]c3ncccc23)CC1. The topological polar surface area (TPSA) is 95.6 Å². The van der Waals surface area contributed by atoms with Crippen molar-refractivity contribution < 1.29 is 17.9 Å². The molecule has 0 saturated carbocycles. The highest BCUT2D eigenvalue weighted by atomic mass is 32.2. The summed E-state index contributed by atoms with van der Waals surface area (Å²) in [6.45, 7) is 9.03. The van der Waals surface area contributed by atoms with Crippen LogP contribution in [0.2, 0.25) is 0 Å². The number of rotatable bonds is 6. The highest BCUT2D eigenvalue weighted by molar-refractivity contribution is 7.89. The predicted octanol–water partition coefficient (Wildman–Crippen LogP) is 3.30. The van der Waals surface area contributed by atoms with Gasteiger partial charge in [-0.25, -0.2) is 13.4 Å². The Morgan fingerprint density at radius 1 is 1.12 bits per heavy atom. The van der Waals surface area contributed by atoms with Crippen molar-refractivity contribution in [3.8, 4) is 5.75 Å². The van der Waals surface area contributed by atoms with Gasteiger partial charge < -0.3 is 14.6 Å². The molecule has 0 bridgehead atoms. The number of amides is 1. The molecule has 8 nitrogen and oxygen atoms in total. The first-order chi connectivity index (χ1) is 15.7. The van der Waals surface area contributed by atoms with Crippen molar-refractivity contribution in [2.24, 2.45) is 0 Å². The number of hydrogen-bond donors (Lipinski definition) is 1. The Balaban J connectivity index is 1.41. The summed E-state index contributed by atoms with van der Waals surface area (Å²) >= 11 is 0. The van der Waals surface area contributed by atoms with Crippen LogP contribution in [0.4, 0.5) is 0 Å². The molecule has 4 rings (SSSR count). The first kappa shape index (κ1) is 23.3. The first-order valence-electron chi connectivity index (χ1n) is 11.2. The average molecular weight is 471 g/mol. The number of aromatic amines is 1. The maximum absolute atomic E-state index is 13.2. The molecule has 2 aromatic heterocycles. The van der Waals surface area contributed by atoms with E-state index in [0.29, 0.717) is 35.8 Å². The standard InChI is InChI=1S/C24H30N4O4S/c1-16(2)19-8-7-17(3)21(14-19)32-18(4)24(29)27-10-12-28(13-11-27)33(30,31)22-15-26-23-20(22)6-5-9-25-23/h5-9,14-16,18H,10-13H2,1-4H3,(H,25,26). The highest BCUT2D eigenvalue weighted by Gasteiger charge is 2.33. The summed E-state index contributed by atoms with van der Waals surface area (Å²) in [5.74, 6) is 0.927. The van der Waals surface area contributed by atoms with Crippen LogP contribution in [0.1, 0.15) is 37.8 Å². The maximum Gasteiger partial charge on any atom is 0.263 e. The van der Waals surface area contributed by atoms with Gasteiger partial charge in [0.25, 0.3) is 5.91 Å². The van der Waals surface area contributed by atoms with Crippen molar-refractivity contribution in [3.05, 3.63) is 53.9 Å². The number of carbonyl (C=O) groups excluding carboxylic acids is 1. The number of H-pyrrole nitrogens is 1.